The van der Waals surface area contributed by atoms with Gasteiger partial charge in [-0.2, -0.15) is 0 Å². The van der Waals surface area contributed by atoms with Gasteiger partial charge in [0.1, 0.15) is 5.75 Å². The number of rotatable bonds is 5. The smallest absolute Gasteiger partial charge is 0.344 e. The first-order chi connectivity index (χ1) is 9.20. The number of benzene rings is 1. The molecule has 104 valence electrons. The molecule has 3 nitrogen and oxygen atoms in total. The monoisotopic (exact) mass is 262 g/mol. The average Bonchev–Trinajstić information content (AvgIpc) is 2.45. The van der Waals surface area contributed by atoms with Crippen molar-refractivity contribution in [3.8, 4) is 5.75 Å². The van der Waals surface area contributed by atoms with Crippen LogP contribution >= 0.6 is 0 Å². The van der Waals surface area contributed by atoms with Crippen LogP contribution in [0.25, 0.3) is 0 Å². The summed E-state index contributed by atoms with van der Waals surface area (Å²) in [4.78, 5) is 11.0. The maximum atomic E-state index is 11.0. The third kappa shape index (κ3) is 3.72. The van der Waals surface area contributed by atoms with E-state index in [1.807, 2.05) is 25.1 Å². The summed E-state index contributed by atoms with van der Waals surface area (Å²) in [6, 6.07) is 7.96. The lowest BCUT2D eigenvalue weighted by molar-refractivity contribution is -0.145. The Hall–Kier alpha value is -1.51. The maximum absolute atomic E-state index is 11.0. The normalized spacial score (nSPS) is 17.9. The summed E-state index contributed by atoms with van der Waals surface area (Å²) in [6.07, 6.45) is 6.12. The zero-order chi connectivity index (χ0) is 13.7. The molecule has 0 bridgehead atoms. The molecule has 0 spiro atoms. The van der Waals surface area contributed by atoms with Gasteiger partial charge in [-0.15, -0.1) is 0 Å². The van der Waals surface area contributed by atoms with E-state index in [1.54, 1.807) is 0 Å². The minimum absolute atomic E-state index is 0.475. The van der Waals surface area contributed by atoms with E-state index in [-0.39, 0.29) is 0 Å². The number of carboxylic acid groups (broad SMARTS) is 1. The Bertz CT molecular complexity index is 422. The van der Waals surface area contributed by atoms with Crippen molar-refractivity contribution in [2.24, 2.45) is 0 Å². The Morgan fingerprint density at radius 3 is 2.74 bits per heavy atom. The predicted octanol–water partition coefficient (Wildman–Crippen LogP) is 3.98. The van der Waals surface area contributed by atoms with Crippen molar-refractivity contribution in [2.45, 2.75) is 57.5 Å². The molecule has 1 saturated carbocycles. The maximum Gasteiger partial charge on any atom is 0.344 e. The van der Waals surface area contributed by atoms with Gasteiger partial charge in [0.2, 0.25) is 0 Å². The standard InChI is InChI=1S/C16H22O3/c1-2-15(16(17)18)19-14-10-6-9-13(11-14)12-7-4-3-5-8-12/h6,9-12,15H,2-5,7-8H2,1H3,(H,17,18). The van der Waals surface area contributed by atoms with E-state index < -0.39 is 12.1 Å². The summed E-state index contributed by atoms with van der Waals surface area (Å²) in [7, 11) is 0. The molecule has 0 saturated heterocycles. The van der Waals surface area contributed by atoms with Crippen LogP contribution in [0.5, 0.6) is 5.75 Å². The summed E-state index contributed by atoms with van der Waals surface area (Å²) >= 11 is 0. The largest absolute Gasteiger partial charge is 0.479 e. The highest BCUT2D eigenvalue weighted by atomic mass is 16.5. The fourth-order valence-electron chi connectivity index (χ4n) is 2.75. The van der Waals surface area contributed by atoms with Gasteiger partial charge in [0, 0.05) is 0 Å². The molecular formula is C16H22O3. The number of carbonyl (C=O) groups is 1. The van der Waals surface area contributed by atoms with Crippen molar-refractivity contribution in [3.63, 3.8) is 0 Å². The highest BCUT2D eigenvalue weighted by Crippen LogP contribution is 2.34. The summed E-state index contributed by atoms with van der Waals surface area (Å²) in [6.45, 7) is 1.82. The first-order valence-electron chi connectivity index (χ1n) is 7.20. The fourth-order valence-corrected chi connectivity index (χ4v) is 2.75. The van der Waals surface area contributed by atoms with Crippen molar-refractivity contribution in [3.05, 3.63) is 29.8 Å². The third-order valence-corrected chi connectivity index (χ3v) is 3.86. The van der Waals surface area contributed by atoms with Gasteiger partial charge in [-0.1, -0.05) is 38.3 Å². The van der Waals surface area contributed by atoms with Crippen LogP contribution < -0.4 is 4.74 Å². The van der Waals surface area contributed by atoms with E-state index >= 15 is 0 Å². The second-order valence-electron chi connectivity index (χ2n) is 5.26. The van der Waals surface area contributed by atoms with Crippen molar-refractivity contribution in [2.75, 3.05) is 0 Å². The number of hydrogen-bond donors (Lipinski definition) is 1. The van der Waals surface area contributed by atoms with Crippen LogP contribution in [0.4, 0.5) is 0 Å². The lowest BCUT2D eigenvalue weighted by Crippen LogP contribution is -2.25. The Morgan fingerprint density at radius 2 is 2.11 bits per heavy atom. The zero-order valence-corrected chi connectivity index (χ0v) is 11.5. The molecule has 0 aromatic heterocycles. The quantitative estimate of drug-likeness (QED) is 0.873. The zero-order valence-electron chi connectivity index (χ0n) is 11.5. The van der Waals surface area contributed by atoms with Crippen molar-refractivity contribution >= 4 is 5.97 Å². The third-order valence-electron chi connectivity index (χ3n) is 3.86. The molecule has 1 aromatic carbocycles. The van der Waals surface area contributed by atoms with Crippen LogP contribution in [0.2, 0.25) is 0 Å². The van der Waals surface area contributed by atoms with Crippen LogP contribution in [0.1, 0.15) is 56.9 Å². The molecule has 1 atom stereocenters. The van der Waals surface area contributed by atoms with Crippen LogP contribution in [-0.4, -0.2) is 17.2 Å². The van der Waals surface area contributed by atoms with Gasteiger partial charge < -0.3 is 9.84 Å². The van der Waals surface area contributed by atoms with Crippen molar-refractivity contribution in [1.82, 2.24) is 0 Å². The molecule has 1 fully saturated rings. The molecule has 1 aliphatic rings. The van der Waals surface area contributed by atoms with Crippen LogP contribution in [-0.2, 0) is 4.79 Å². The number of hydrogen-bond acceptors (Lipinski definition) is 2. The van der Waals surface area contributed by atoms with E-state index in [0.717, 1.165) is 0 Å². The molecule has 19 heavy (non-hydrogen) atoms. The van der Waals surface area contributed by atoms with Gasteiger partial charge in [-0.25, -0.2) is 4.79 Å². The average molecular weight is 262 g/mol. The second-order valence-corrected chi connectivity index (χ2v) is 5.26. The first-order valence-corrected chi connectivity index (χ1v) is 7.20. The van der Waals surface area contributed by atoms with E-state index in [4.69, 9.17) is 9.84 Å². The molecule has 0 amide bonds. The van der Waals surface area contributed by atoms with Crippen LogP contribution in [0.3, 0.4) is 0 Å². The molecule has 0 aliphatic heterocycles. The fraction of sp³-hybridized carbons (Fsp3) is 0.562. The lowest BCUT2D eigenvalue weighted by atomic mass is 9.84. The number of carboxylic acids is 1. The Labute approximate surface area is 114 Å². The Kier molecular flexibility index (Phi) is 4.83. The van der Waals surface area contributed by atoms with E-state index in [2.05, 4.69) is 6.07 Å². The van der Waals surface area contributed by atoms with Gasteiger partial charge in [0.05, 0.1) is 0 Å². The molecule has 1 N–H and O–H groups in total. The van der Waals surface area contributed by atoms with E-state index in [9.17, 15) is 4.79 Å². The molecule has 1 aliphatic carbocycles. The Morgan fingerprint density at radius 1 is 1.37 bits per heavy atom. The summed E-state index contributed by atoms with van der Waals surface area (Å²) < 4.78 is 5.56. The van der Waals surface area contributed by atoms with Gasteiger partial charge in [0.25, 0.3) is 0 Å². The minimum atomic E-state index is -0.898. The highest BCUT2D eigenvalue weighted by molar-refractivity contribution is 5.72. The molecule has 1 aromatic rings. The van der Waals surface area contributed by atoms with E-state index in [0.29, 0.717) is 18.1 Å². The minimum Gasteiger partial charge on any atom is -0.479 e. The Balaban J connectivity index is 2.07. The molecule has 0 heterocycles. The molecule has 1 unspecified atom stereocenters. The number of aliphatic carboxylic acids is 1. The molecule has 2 rings (SSSR count). The van der Waals surface area contributed by atoms with Crippen molar-refractivity contribution < 1.29 is 14.6 Å². The highest BCUT2D eigenvalue weighted by Gasteiger charge is 2.19. The molecule has 3 heteroatoms. The summed E-state index contributed by atoms with van der Waals surface area (Å²) in [5, 5.41) is 9.03. The summed E-state index contributed by atoms with van der Waals surface area (Å²) in [5.74, 6) is 0.394. The van der Waals surface area contributed by atoms with Crippen LogP contribution in [0, 0.1) is 0 Å². The van der Waals surface area contributed by atoms with E-state index in [1.165, 1.54) is 37.7 Å². The first kappa shape index (κ1) is 13.9. The van der Waals surface area contributed by atoms with Gasteiger partial charge in [-0.05, 0) is 42.9 Å². The topological polar surface area (TPSA) is 46.5 Å². The molecule has 0 radical (unpaired) electrons. The van der Waals surface area contributed by atoms with Gasteiger partial charge in [0.15, 0.2) is 6.10 Å². The van der Waals surface area contributed by atoms with Crippen molar-refractivity contribution in [1.29, 1.82) is 0 Å². The second kappa shape index (κ2) is 6.60. The van der Waals surface area contributed by atoms with Gasteiger partial charge >= 0.3 is 5.97 Å². The van der Waals surface area contributed by atoms with Crippen LogP contribution in [0.15, 0.2) is 24.3 Å². The summed E-state index contributed by atoms with van der Waals surface area (Å²) in [5.41, 5.74) is 1.29. The number of ether oxygens (including phenoxy) is 1. The lowest BCUT2D eigenvalue weighted by Gasteiger charge is -2.22. The van der Waals surface area contributed by atoms with Gasteiger partial charge in [-0.3, -0.25) is 0 Å². The SMILES string of the molecule is CCC(Oc1cccc(C2CCCCC2)c1)C(=O)O. The molecular weight excluding hydrogens is 240 g/mol. The predicted molar refractivity (Wildman–Crippen MR) is 74.6 cm³/mol.